The monoisotopic (exact) mass is 274 g/mol. The smallest absolute Gasteiger partial charge is 0 e. The maximum atomic E-state index is 3.94. The van der Waals surface area contributed by atoms with Gasteiger partial charge in [0.05, 0.1) is 0 Å². The first-order valence-electron chi connectivity index (χ1n) is 3.06. The zero-order valence-electron chi connectivity index (χ0n) is 5.84. The second kappa shape index (κ2) is 8.31. The van der Waals surface area contributed by atoms with Gasteiger partial charge in [0.1, 0.15) is 0 Å². The summed E-state index contributed by atoms with van der Waals surface area (Å²) < 4.78 is 0. The zero-order valence-corrected chi connectivity index (χ0v) is 11.5. The van der Waals surface area contributed by atoms with Crippen LogP contribution in [0.4, 0.5) is 0 Å². The minimum atomic E-state index is 0. The van der Waals surface area contributed by atoms with Gasteiger partial charge in [-0.1, -0.05) is 12.8 Å². The Hall–Kier alpha value is 2.21. The number of rotatable bonds is 0. The Morgan fingerprint density at radius 2 is 1.89 bits per heavy atom. The molecule has 1 unspecified atom stereocenters. The summed E-state index contributed by atoms with van der Waals surface area (Å²) in [5.74, 6) is 0.661. The van der Waals surface area contributed by atoms with Crippen LogP contribution >= 0.6 is 0 Å². The van der Waals surface area contributed by atoms with Crippen molar-refractivity contribution in [2.45, 2.75) is 25.7 Å². The molecule has 0 aromatic rings. The molecule has 0 amide bonds. The molecule has 1 aliphatic rings. The molecule has 0 saturated heterocycles. The minimum absolute atomic E-state index is 0. The standard InChI is InChI=1S/C7H12.2Y/c1-7-5-3-2-4-6-7;;/h5,7H,1-4,6H2;;/q-2;;. The van der Waals surface area contributed by atoms with Gasteiger partial charge in [-0.2, -0.15) is 6.42 Å². The van der Waals surface area contributed by atoms with E-state index in [1.165, 1.54) is 25.7 Å². The predicted octanol–water partition coefficient (Wildman–Crippen LogP) is 2.21. The second-order valence-electron chi connectivity index (χ2n) is 2.28. The van der Waals surface area contributed by atoms with Gasteiger partial charge in [-0.25, -0.2) is 0 Å². The van der Waals surface area contributed by atoms with E-state index >= 15 is 0 Å². The van der Waals surface area contributed by atoms with Crippen LogP contribution in [0.3, 0.4) is 0 Å². The molecule has 1 rings (SSSR count). The molecule has 0 aromatic carbocycles. The van der Waals surface area contributed by atoms with Crippen LogP contribution in [0.25, 0.3) is 0 Å². The summed E-state index contributed by atoms with van der Waals surface area (Å²) in [6, 6.07) is 0. The average Bonchev–Trinajstić information content (AvgIpc) is 1.69. The minimum Gasteiger partial charge on any atom is -0.369 e. The van der Waals surface area contributed by atoms with Crippen LogP contribution in [-0.2, 0) is 65.4 Å². The molecular weight excluding hydrogens is 262 g/mol. The molecule has 2 radical (unpaired) electrons. The Balaban J connectivity index is 0. The van der Waals surface area contributed by atoms with Gasteiger partial charge in [0, 0.05) is 65.4 Å². The predicted molar refractivity (Wildman–Crippen MR) is 31.6 cm³/mol. The quantitative estimate of drug-likeness (QED) is 0.594. The summed E-state index contributed by atoms with van der Waals surface area (Å²) >= 11 is 0. The van der Waals surface area contributed by atoms with Crippen molar-refractivity contribution in [3.63, 3.8) is 0 Å². The molecule has 0 bridgehead atoms. The van der Waals surface area contributed by atoms with Gasteiger partial charge in [0.2, 0.25) is 0 Å². The second-order valence-corrected chi connectivity index (χ2v) is 2.28. The molecule has 9 heavy (non-hydrogen) atoms. The molecule has 1 saturated carbocycles. The molecular formula is C7H12Y2-2. The Morgan fingerprint density at radius 1 is 1.22 bits per heavy atom. The maximum absolute atomic E-state index is 3.94. The van der Waals surface area contributed by atoms with Crippen molar-refractivity contribution in [1.82, 2.24) is 0 Å². The molecule has 0 heterocycles. The van der Waals surface area contributed by atoms with Gasteiger partial charge >= 0.3 is 0 Å². The first-order valence-corrected chi connectivity index (χ1v) is 3.06. The molecule has 0 N–H and O–H groups in total. The Morgan fingerprint density at radius 3 is 2.11 bits per heavy atom. The third-order valence-corrected chi connectivity index (χ3v) is 1.53. The Kier molecular flexibility index (Phi) is 12.7. The first kappa shape index (κ1) is 13.8. The zero-order chi connectivity index (χ0) is 5.11. The fourth-order valence-electron chi connectivity index (χ4n) is 1.02. The molecule has 1 atom stereocenters. The molecule has 0 aromatic heterocycles. The number of hydrogen-bond donors (Lipinski definition) is 0. The topological polar surface area (TPSA) is 0 Å². The summed E-state index contributed by atoms with van der Waals surface area (Å²) in [7, 11) is 0. The van der Waals surface area contributed by atoms with Crippen LogP contribution in [0, 0.1) is 19.3 Å². The van der Waals surface area contributed by atoms with Gasteiger partial charge in [-0.05, 0) is 0 Å². The third kappa shape index (κ3) is 6.60. The van der Waals surface area contributed by atoms with Gasteiger partial charge in [-0.15, -0.1) is 6.42 Å². The Labute approximate surface area is 109 Å². The van der Waals surface area contributed by atoms with Crippen LogP contribution in [0.15, 0.2) is 0 Å². The van der Waals surface area contributed by atoms with E-state index in [4.69, 9.17) is 0 Å². The third-order valence-electron chi connectivity index (χ3n) is 1.53. The van der Waals surface area contributed by atoms with Crippen molar-refractivity contribution >= 4 is 0 Å². The molecule has 0 nitrogen and oxygen atoms in total. The van der Waals surface area contributed by atoms with Crippen LogP contribution in [0.1, 0.15) is 25.7 Å². The maximum Gasteiger partial charge on any atom is 0 e. The summed E-state index contributed by atoms with van der Waals surface area (Å²) in [5, 5.41) is 0. The summed E-state index contributed by atoms with van der Waals surface area (Å²) in [4.78, 5) is 0. The van der Waals surface area contributed by atoms with Crippen molar-refractivity contribution in [2.75, 3.05) is 0 Å². The van der Waals surface area contributed by atoms with Crippen molar-refractivity contribution in [2.24, 2.45) is 5.92 Å². The van der Waals surface area contributed by atoms with Crippen LogP contribution in [0.2, 0.25) is 0 Å². The van der Waals surface area contributed by atoms with Gasteiger partial charge in [0.25, 0.3) is 0 Å². The first-order chi connectivity index (χ1) is 3.39. The van der Waals surface area contributed by atoms with Gasteiger partial charge < -0.3 is 19.3 Å². The normalized spacial score (nSPS) is 25.7. The van der Waals surface area contributed by atoms with E-state index in [1.54, 1.807) is 0 Å². The van der Waals surface area contributed by atoms with Crippen molar-refractivity contribution in [1.29, 1.82) is 0 Å². The van der Waals surface area contributed by atoms with Gasteiger partial charge in [0.15, 0.2) is 0 Å². The van der Waals surface area contributed by atoms with E-state index in [-0.39, 0.29) is 65.4 Å². The van der Waals surface area contributed by atoms with E-state index in [0.29, 0.717) is 5.92 Å². The fourth-order valence-corrected chi connectivity index (χ4v) is 1.02. The molecule has 2 heteroatoms. The van der Waals surface area contributed by atoms with E-state index < -0.39 is 0 Å². The molecule has 1 fully saturated rings. The summed E-state index contributed by atoms with van der Waals surface area (Å²) in [6.45, 7) is 3.94. The van der Waals surface area contributed by atoms with Crippen LogP contribution in [-0.4, -0.2) is 0 Å². The van der Waals surface area contributed by atoms with Crippen molar-refractivity contribution in [3.8, 4) is 0 Å². The molecule has 0 spiro atoms. The van der Waals surface area contributed by atoms with E-state index in [0.717, 1.165) is 0 Å². The Bertz CT molecular complexity index is 48.9. The van der Waals surface area contributed by atoms with Crippen LogP contribution in [0.5, 0.6) is 0 Å². The van der Waals surface area contributed by atoms with Gasteiger partial charge in [-0.3, -0.25) is 0 Å². The van der Waals surface area contributed by atoms with E-state index in [2.05, 4.69) is 13.3 Å². The average molecular weight is 274 g/mol. The number of hydrogen-bond acceptors (Lipinski definition) is 0. The molecule has 0 aliphatic heterocycles. The van der Waals surface area contributed by atoms with Crippen LogP contribution < -0.4 is 0 Å². The van der Waals surface area contributed by atoms with E-state index in [9.17, 15) is 0 Å². The molecule has 1 aliphatic carbocycles. The summed E-state index contributed by atoms with van der Waals surface area (Å²) in [5.41, 5.74) is 0. The SMILES string of the molecule is [CH2-]C1[CH-]CCCC1.[Y].[Y]. The van der Waals surface area contributed by atoms with Crippen molar-refractivity contribution < 1.29 is 65.4 Å². The van der Waals surface area contributed by atoms with E-state index in [1.807, 2.05) is 0 Å². The fraction of sp³-hybridized carbons (Fsp3) is 0.714. The van der Waals surface area contributed by atoms with Crippen molar-refractivity contribution in [3.05, 3.63) is 13.3 Å². The largest absolute Gasteiger partial charge is 0.369 e. The summed E-state index contributed by atoms with van der Waals surface area (Å²) in [6.07, 6.45) is 7.73. The molecule has 48 valence electrons.